The molecule has 0 saturated carbocycles. The van der Waals surface area contributed by atoms with Gasteiger partial charge in [-0.2, -0.15) is 13.2 Å². The van der Waals surface area contributed by atoms with Crippen LogP contribution in [0, 0.1) is 6.92 Å². The van der Waals surface area contributed by atoms with E-state index in [0.717, 1.165) is 21.2 Å². The number of alkyl halides is 3. The number of para-hydroxylation sites is 1. The van der Waals surface area contributed by atoms with Crippen molar-refractivity contribution in [3.8, 4) is 17.1 Å². The first-order valence-corrected chi connectivity index (χ1v) is 10.5. The fourth-order valence-corrected chi connectivity index (χ4v) is 3.98. The minimum Gasteiger partial charge on any atom is -0.345 e. The fourth-order valence-electron chi connectivity index (χ4n) is 3.98. The molecule has 0 unspecified atom stereocenters. The minimum absolute atomic E-state index is 0.216. The number of aryl methyl sites for hydroxylation is 1. The van der Waals surface area contributed by atoms with Crippen molar-refractivity contribution in [1.82, 2.24) is 33.8 Å². The molecule has 1 N–H and O–H groups in total. The topological polar surface area (TPSA) is 99.1 Å². The molecule has 0 aliphatic rings. The number of hydrogen-bond acceptors (Lipinski definition) is 5. The number of nitrogens with zero attached hydrogens (tertiary/aromatic N) is 6. The van der Waals surface area contributed by atoms with E-state index in [1.54, 1.807) is 43.0 Å². The molecule has 1 amide bonds. The van der Waals surface area contributed by atoms with E-state index in [1.807, 2.05) is 22.7 Å². The highest BCUT2D eigenvalue weighted by Crippen LogP contribution is 2.24. The van der Waals surface area contributed by atoms with Crippen LogP contribution in [0.1, 0.15) is 5.56 Å². The third-order valence-corrected chi connectivity index (χ3v) is 5.54. The molecular formula is C23H18F3N7O2. The summed E-state index contributed by atoms with van der Waals surface area (Å²) < 4.78 is 41.7. The number of rotatable bonds is 5. The number of imidazole rings is 2. The van der Waals surface area contributed by atoms with Gasteiger partial charge in [-0.15, -0.1) is 0 Å². The number of amides is 1. The second-order valence-corrected chi connectivity index (χ2v) is 7.91. The largest absolute Gasteiger partial charge is 0.405 e. The Kier molecular flexibility index (Phi) is 5.35. The summed E-state index contributed by atoms with van der Waals surface area (Å²) in [5.74, 6) is -0.715. The van der Waals surface area contributed by atoms with Crippen LogP contribution in [0.3, 0.4) is 0 Å². The molecular weight excluding hydrogens is 463 g/mol. The number of carbonyl (C=O) groups excluding carboxylic acids is 1. The zero-order valence-electron chi connectivity index (χ0n) is 18.3. The number of benzene rings is 1. The molecule has 1 aromatic carbocycles. The van der Waals surface area contributed by atoms with Crippen LogP contribution in [0.2, 0.25) is 0 Å². The number of hydrogen-bond donors (Lipinski definition) is 1. The second kappa shape index (κ2) is 8.38. The number of halogens is 3. The van der Waals surface area contributed by atoms with Crippen molar-refractivity contribution in [2.75, 3.05) is 6.54 Å². The van der Waals surface area contributed by atoms with E-state index in [0.29, 0.717) is 16.7 Å². The van der Waals surface area contributed by atoms with Crippen LogP contribution < -0.4 is 11.0 Å². The van der Waals surface area contributed by atoms with Crippen molar-refractivity contribution in [2.24, 2.45) is 0 Å². The van der Waals surface area contributed by atoms with E-state index < -0.39 is 30.9 Å². The number of pyridine rings is 1. The van der Waals surface area contributed by atoms with Crippen LogP contribution >= 0.6 is 0 Å². The third kappa shape index (κ3) is 4.14. The van der Waals surface area contributed by atoms with Gasteiger partial charge in [0, 0.05) is 11.8 Å². The zero-order chi connectivity index (χ0) is 24.7. The molecule has 0 atom stereocenters. The van der Waals surface area contributed by atoms with Gasteiger partial charge in [-0.3, -0.25) is 14.3 Å². The maximum atomic E-state index is 13.3. The molecule has 0 aliphatic carbocycles. The second-order valence-electron chi connectivity index (χ2n) is 7.91. The van der Waals surface area contributed by atoms with E-state index in [2.05, 4.69) is 15.0 Å². The van der Waals surface area contributed by atoms with Crippen LogP contribution in [0.15, 0.2) is 66.2 Å². The van der Waals surface area contributed by atoms with Crippen LogP contribution in [-0.4, -0.2) is 47.1 Å². The predicted octanol–water partition coefficient (Wildman–Crippen LogP) is 2.88. The molecule has 9 nitrogen and oxygen atoms in total. The number of nitrogens with one attached hydrogen (secondary N) is 1. The van der Waals surface area contributed by atoms with E-state index in [-0.39, 0.29) is 5.82 Å². The Hall–Kier alpha value is -4.48. The van der Waals surface area contributed by atoms with E-state index in [9.17, 15) is 22.8 Å². The lowest BCUT2D eigenvalue weighted by Gasteiger charge is -2.08. The summed E-state index contributed by atoms with van der Waals surface area (Å²) >= 11 is 0. The molecule has 0 fully saturated rings. The van der Waals surface area contributed by atoms with Gasteiger partial charge in [-0.05, 0) is 30.7 Å². The van der Waals surface area contributed by atoms with Crippen molar-refractivity contribution in [3.05, 3.63) is 77.5 Å². The normalized spacial score (nSPS) is 11.9. The lowest BCUT2D eigenvalue weighted by atomic mass is 10.2. The van der Waals surface area contributed by atoms with Gasteiger partial charge in [-0.25, -0.2) is 19.3 Å². The summed E-state index contributed by atoms with van der Waals surface area (Å²) in [6.45, 7) is -0.264. The lowest BCUT2D eigenvalue weighted by Crippen LogP contribution is -2.38. The Morgan fingerprint density at radius 3 is 2.63 bits per heavy atom. The van der Waals surface area contributed by atoms with Crippen molar-refractivity contribution < 1.29 is 18.0 Å². The van der Waals surface area contributed by atoms with Gasteiger partial charge in [0.15, 0.2) is 5.82 Å². The first kappa shape index (κ1) is 22.3. The molecule has 12 heteroatoms. The summed E-state index contributed by atoms with van der Waals surface area (Å²) in [4.78, 5) is 38.5. The maximum absolute atomic E-state index is 13.3. The van der Waals surface area contributed by atoms with Crippen LogP contribution in [-0.2, 0) is 11.3 Å². The molecule has 178 valence electrons. The average Bonchev–Trinajstić information content (AvgIpc) is 3.41. The average molecular weight is 481 g/mol. The van der Waals surface area contributed by atoms with E-state index in [4.69, 9.17) is 0 Å². The SMILES string of the molecule is Cc1cccc2c1n(-c1cnc(-c3cccn4cncc34)cn1)c(=O)n2CC(=O)NCC(F)(F)F. The van der Waals surface area contributed by atoms with Gasteiger partial charge in [0.1, 0.15) is 13.1 Å². The monoisotopic (exact) mass is 481 g/mol. The Balaban J connectivity index is 1.56. The molecule has 0 aliphatic heterocycles. The molecule has 5 aromatic rings. The minimum atomic E-state index is -4.55. The molecule has 0 saturated heterocycles. The standard InChI is InChI=1S/C23H18F3N7O2/c1-14-4-2-6-17-21(14)33(22(35)32(17)11-20(34)30-12-23(24,25)26)19-10-28-16(8-29-19)15-5-3-7-31-13-27-9-18(15)31/h2-10,13H,11-12H2,1H3,(H,30,34). The summed E-state index contributed by atoms with van der Waals surface area (Å²) in [7, 11) is 0. The van der Waals surface area contributed by atoms with Gasteiger partial charge in [0.05, 0.1) is 47.2 Å². The Morgan fingerprint density at radius 2 is 1.89 bits per heavy atom. The smallest absolute Gasteiger partial charge is 0.345 e. The van der Waals surface area contributed by atoms with Crippen LogP contribution in [0.5, 0.6) is 0 Å². The zero-order valence-corrected chi connectivity index (χ0v) is 18.3. The Bertz CT molecular complexity index is 1610. The van der Waals surface area contributed by atoms with Crippen molar-refractivity contribution in [2.45, 2.75) is 19.6 Å². The van der Waals surface area contributed by atoms with Gasteiger partial charge in [0.2, 0.25) is 5.91 Å². The highest BCUT2D eigenvalue weighted by Gasteiger charge is 2.28. The van der Waals surface area contributed by atoms with Gasteiger partial charge in [0.25, 0.3) is 0 Å². The predicted molar refractivity (Wildman–Crippen MR) is 121 cm³/mol. The van der Waals surface area contributed by atoms with Crippen LogP contribution in [0.25, 0.3) is 33.6 Å². The highest BCUT2D eigenvalue weighted by molar-refractivity contribution is 5.84. The molecule has 35 heavy (non-hydrogen) atoms. The highest BCUT2D eigenvalue weighted by atomic mass is 19.4. The van der Waals surface area contributed by atoms with E-state index >= 15 is 0 Å². The number of aromatic nitrogens is 6. The van der Waals surface area contributed by atoms with Crippen molar-refractivity contribution >= 4 is 22.5 Å². The first-order valence-electron chi connectivity index (χ1n) is 10.5. The summed E-state index contributed by atoms with van der Waals surface area (Å²) in [6.07, 6.45) is 3.65. The maximum Gasteiger partial charge on any atom is 0.405 e. The van der Waals surface area contributed by atoms with Crippen molar-refractivity contribution in [3.63, 3.8) is 0 Å². The van der Waals surface area contributed by atoms with Crippen molar-refractivity contribution in [1.29, 1.82) is 0 Å². The fraction of sp³-hybridized carbons (Fsp3) is 0.174. The number of carbonyl (C=O) groups is 1. The molecule has 4 heterocycles. The van der Waals surface area contributed by atoms with E-state index in [1.165, 1.54) is 17.0 Å². The van der Waals surface area contributed by atoms with Gasteiger partial charge in [-0.1, -0.05) is 12.1 Å². The Labute approximate surface area is 195 Å². The van der Waals surface area contributed by atoms with Gasteiger partial charge >= 0.3 is 11.9 Å². The number of fused-ring (bicyclic) bond motifs is 2. The lowest BCUT2D eigenvalue weighted by molar-refractivity contribution is -0.138. The van der Waals surface area contributed by atoms with Crippen LogP contribution in [0.4, 0.5) is 13.2 Å². The summed E-state index contributed by atoms with van der Waals surface area (Å²) in [6, 6.07) is 8.84. The molecule has 5 rings (SSSR count). The Morgan fingerprint density at radius 1 is 1.06 bits per heavy atom. The molecule has 0 radical (unpaired) electrons. The molecule has 0 spiro atoms. The third-order valence-electron chi connectivity index (χ3n) is 5.54. The molecule has 4 aromatic heterocycles. The molecule has 0 bridgehead atoms. The summed E-state index contributed by atoms with van der Waals surface area (Å²) in [5.41, 5.74) is 3.20. The quantitative estimate of drug-likeness (QED) is 0.416. The first-order chi connectivity index (χ1) is 16.7. The van der Waals surface area contributed by atoms with Gasteiger partial charge < -0.3 is 9.72 Å². The summed E-state index contributed by atoms with van der Waals surface area (Å²) in [5, 5.41) is 1.80.